The Morgan fingerprint density at radius 2 is 2.19 bits per heavy atom. The minimum absolute atomic E-state index is 0.0745. The van der Waals surface area contributed by atoms with Gasteiger partial charge in [-0.15, -0.1) is 0 Å². The second kappa shape index (κ2) is 5.16. The van der Waals surface area contributed by atoms with Crippen molar-refractivity contribution in [2.45, 2.75) is 51.0 Å². The molecule has 0 saturated heterocycles. The van der Waals surface area contributed by atoms with Gasteiger partial charge in [-0.3, -0.25) is 0 Å². The number of aliphatic hydroxyl groups excluding tert-OH is 1. The number of nitrogens with zero attached hydrogens (tertiary/aromatic N) is 1. The maximum Gasteiger partial charge on any atom is 0.0628 e. The van der Waals surface area contributed by atoms with Gasteiger partial charge in [0.15, 0.2) is 0 Å². The van der Waals surface area contributed by atoms with Crippen LogP contribution in [0.1, 0.15) is 44.9 Å². The second-order valence-corrected chi connectivity index (χ2v) is 5.65. The minimum atomic E-state index is -0.0745. The Morgan fingerprint density at radius 1 is 1.38 bits per heavy atom. The van der Waals surface area contributed by atoms with E-state index >= 15 is 0 Å². The van der Waals surface area contributed by atoms with E-state index in [1.165, 1.54) is 19.3 Å². The first-order valence-electron chi connectivity index (χ1n) is 6.50. The monoisotopic (exact) mass is 222 g/mol. The van der Waals surface area contributed by atoms with Gasteiger partial charge in [0.25, 0.3) is 0 Å². The van der Waals surface area contributed by atoms with Gasteiger partial charge < -0.3 is 10.4 Å². The van der Waals surface area contributed by atoms with Crippen LogP contribution in [0.5, 0.6) is 0 Å². The van der Waals surface area contributed by atoms with Gasteiger partial charge in [-0.25, -0.2) is 0 Å². The molecule has 2 saturated carbocycles. The molecule has 0 radical (unpaired) electrons. The van der Waals surface area contributed by atoms with Crippen LogP contribution in [0.15, 0.2) is 0 Å². The van der Waals surface area contributed by atoms with Gasteiger partial charge in [0.05, 0.1) is 12.2 Å². The van der Waals surface area contributed by atoms with Crippen molar-refractivity contribution in [3.8, 4) is 6.07 Å². The third-order valence-electron chi connectivity index (χ3n) is 4.10. The Bertz CT molecular complexity index is 268. The first-order valence-corrected chi connectivity index (χ1v) is 6.50. The van der Waals surface area contributed by atoms with Crippen LogP contribution in [0.25, 0.3) is 0 Å². The van der Waals surface area contributed by atoms with Crippen LogP contribution in [0, 0.1) is 22.7 Å². The fraction of sp³-hybridized carbons (Fsp3) is 0.923. The van der Waals surface area contributed by atoms with Crippen molar-refractivity contribution in [1.82, 2.24) is 5.32 Å². The van der Waals surface area contributed by atoms with E-state index in [2.05, 4.69) is 11.4 Å². The third-order valence-corrected chi connectivity index (χ3v) is 4.10. The highest BCUT2D eigenvalue weighted by molar-refractivity contribution is 5.00. The van der Waals surface area contributed by atoms with E-state index in [0.29, 0.717) is 17.8 Å². The highest BCUT2D eigenvalue weighted by Gasteiger charge is 2.41. The predicted octanol–water partition coefficient (Wildman–Crippen LogP) is 1.82. The zero-order chi connectivity index (χ0) is 11.4. The molecule has 3 nitrogen and oxygen atoms in total. The molecule has 2 aliphatic rings. The zero-order valence-electron chi connectivity index (χ0n) is 9.91. The SMILES string of the molecule is N#CCC1(CNCC2CCCC(O)C2)CC1. The molecule has 90 valence electrons. The lowest BCUT2D eigenvalue weighted by Gasteiger charge is -2.26. The van der Waals surface area contributed by atoms with E-state index in [0.717, 1.165) is 32.4 Å². The molecule has 16 heavy (non-hydrogen) atoms. The van der Waals surface area contributed by atoms with Crippen molar-refractivity contribution in [2.24, 2.45) is 11.3 Å². The number of hydrogen-bond donors (Lipinski definition) is 2. The third kappa shape index (κ3) is 3.20. The maximum atomic E-state index is 9.56. The van der Waals surface area contributed by atoms with Crippen LogP contribution in [0.2, 0.25) is 0 Å². The zero-order valence-corrected chi connectivity index (χ0v) is 9.91. The summed E-state index contributed by atoms with van der Waals surface area (Å²) in [6, 6.07) is 2.29. The molecule has 2 fully saturated rings. The summed E-state index contributed by atoms with van der Waals surface area (Å²) in [7, 11) is 0. The molecule has 0 spiro atoms. The van der Waals surface area contributed by atoms with Crippen molar-refractivity contribution in [1.29, 1.82) is 5.26 Å². The van der Waals surface area contributed by atoms with Gasteiger partial charge >= 0.3 is 0 Å². The second-order valence-electron chi connectivity index (χ2n) is 5.65. The molecular formula is C13H22N2O. The summed E-state index contributed by atoms with van der Waals surface area (Å²) in [5, 5.41) is 21.8. The predicted molar refractivity (Wildman–Crippen MR) is 62.7 cm³/mol. The van der Waals surface area contributed by atoms with E-state index < -0.39 is 0 Å². The summed E-state index contributed by atoms with van der Waals surface area (Å²) in [6.07, 6.45) is 7.39. The van der Waals surface area contributed by atoms with Gasteiger partial charge in [-0.05, 0) is 50.0 Å². The van der Waals surface area contributed by atoms with E-state index in [1.807, 2.05) is 0 Å². The standard InChI is InChI=1S/C13H22N2O/c14-7-6-13(4-5-13)10-15-9-11-2-1-3-12(16)8-11/h11-12,15-16H,1-6,8-10H2. The molecule has 0 aromatic heterocycles. The summed E-state index contributed by atoms with van der Waals surface area (Å²) < 4.78 is 0. The summed E-state index contributed by atoms with van der Waals surface area (Å²) in [6.45, 7) is 2.01. The van der Waals surface area contributed by atoms with Crippen LogP contribution < -0.4 is 5.32 Å². The summed E-state index contributed by atoms with van der Waals surface area (Å²) >= 11 is 0. The van der Waals surface area contributed by atoms with Crippen molar-refractivity contribution in [2.75, 3.05) is 13.1 Å². The fourth-order valence-corrected chi connectivity index (χ4v) is 2.75. The van der Waals surface area contributed by atoms with E-state index in [-0.39, 0.29) is 6.10 Å². The average Bonchev–Trinajstić information content (AvgIpc) is 2.99. The maximum absolute atomic E-state index is 9.56. The van der Waals surface area contributed by atoms with Gasteiger partial charge in [-0.2, -0.15) is 5.26 Å². The summed E-state index contributed by atoms with van der Waals surface area (Å²) in [5.74, 6) is 0.640. The largest absolute Gasteiger partial charge is 0.393 e. The molecule has 2 aliphatic carbocycles. The summed E-state index contributed by atoms with van der Waals surface area (Å²) in [5.41, 5.74) is 0.308. The van der Waals surface area contributed by atoms with Gasteiger partial charge in [0.2, 0.25) is 0 Å². The van der Waals surface area contributed by atoms with Gasteiger partial charge in [0, 0.05) is 13.0 Å². The van der Waals surface area contributed by atoms with Crippen LogP contribution in [-0.4, -0.2) is 24.3 Å². The Hall–Kier alpha value is -0.590. The molecule has 0 aliphatic heterocycles. The number of rotatable bonds is 5. The molecule has 2 rings (SSSR count). The number of nitriles is 1. The Kier molecular flexibility index (Phi) is 3.83. The molecule has 0 aromatic carbocycles. The number of nitrogens with one attached hydrogen (secondary N) is 1. The van der Waals surface area contributed by atoms with Crippen LogP contribution >= 0.6 is 0 Å². The van der Waals surface area contributed by atoms with Gasteiger partial charge in [0.1, 0.15) is 0 Å². The normalized spacial score (nSPS) is 32.0. The first kappa shape index (κ1) is 11.9. The van der Waals surface area contributed by atoms with E-state index in [1.54, 1.807) is 0 Å². The van der Waals surface area contributed by atoms with Crippen LogP contribution in [0.3, 0.4) is 0 Å². The van der Waals surface area contributed by atoms with Crippen molar-refractivity contribution in [3.05, 3.63) is 0 Å². The smallest absolute Gasteiger partial charge is 0.0628 e. The quantitative estimate of drug-likeness (QED) is 0.746. The lowest BCUT2D eigenvalue weighted by Crippen LogP contribution is -2.32. The molecule has 3 heteroatoms. The lowest BCUT2D eigenvalue weighted by molar-refractivity contribution is 0.100. The highest BCUT2D eigenvalue weighted by Crippen LogP contribution is 2.47. The Morgan fingerprint density at radius 3 is 2.81 bits per heavy atom. The van der Waals surface area contributed by atoms with E-state index in [4.69, 9.17) is 5.26 Å². The molecule has 0 heterocycles. The number of hydrogen-bond acceptors (Lipinski definition) is 3. The van der Waals surface area contributed by atoms with Crippen LogP contribution in [-0.2, 0) is 0 Å². The number of aliphatic hydroxyl groups is 1. The van der Waals surface area contributed by atoms with E-state index in [9.17, 15) is 5.11 Å². The molecular weight excluding hydrogens is 200 g/mol. The molecule has 2 unspecified atom stereocenters. The van der Waals surface area contributed by atoms with Crippen molar-refractivity contribution < 1.29 is 5.11 Å². The van der Waals surface area contributed by atoms with Gasteiger partial charge in [-0.1, -0.05) is 6.42 Å². The summed E-state index contributed by atoms with van der Waals surface area (Å²) in [4.78, 5) is 0. The highest BCUT2D eigenvalue weighted by atomic mass is 16.3. The minimum Gasteiger partial charge on any atom is -0.393 e. The molecule has 2 atom stereocenters. The topological polar surface area (TPSA) is 56.0 Å². The lowest BCUT2D eigenvalue weighted by atomic mass is 9.87. The Balaban J connectivity index is 1.63. The molecule has 0 aromatic rings. The van der Waals surface area contributed by atoms with Crippen molar-refractivity contribution >= 4 is 0 Å². The van der Waals surface area contributed by atoms with Crippen LogP contribution in [0.4, 0.5) is 0 Å². The average molecular weight is 222 g/mol. The molecule has 2 N–H and O–H groups in total. The first-order chi connectivity index (χ1) is 7.74. The Labute approximate surface area is 97.8 Å². The van der Waals surface area contributed by atoms with Crippen molar-refractivity contribution in [3.63, 3.8) is 0 Å². The molecule has 0 amide bonds. The fourth-order valence-electron chi connectivity index (χ4n) is 2.75. The molecule has 0 bridgehead atoms.